The van der Waals surface area contributed by atoms with Gasteiger partial charge in [0.05, 0.1) is 0 Å². The number of urea groups is 1. The van der Waals surface area contributed by atoms with E-state index in [0.717, 1.165) is 45.6 Å². The molecule has 0 bridgehead atoms. The van der Waals surface area contributed by atoms with Crippen molar-refractivity contribution >= 4 is 17.4 Å². The van der Waals surface area contributed by atoms with E-state index in [4.69, 9.17) is 0 Å². The van der Waals surface area contributed by atoms with Crippen molar-refractivity contribution < 1.29 is 4.79 Å². The lowest BCUT2D eigenvalue weighted by Gasteiger charge is -2.32. The second kappa shape index (κ2) is 9.16. The normalized spacial score (nSPS) is 16.6. The topological polar surface area (TPSA) is 35.6 Å². The lowest BCUT2D eigenvalue weighted by molar-refractivity contribution is 0.171. The van der Waals surface area contributed by atoms with Crippen molar-refractivity contribution in [2.24, 2.45) is 5.92 Å². The third kappa shape index (κ3) is 5.61. The van der Waals surface area contributed by atoms with Crippen LogP contribution in [0.4, 0.5) is 4.79 Å². The second-order valence-electron chi connectivity index (χ2n) is 6.26. The van der Waals surface area contributed by atoms with Crippen LogP contribution in [0.15, 0.2) is 17.5 Å². The summed E-state index contributed by atoms with van der Waals surface area (Å²) in [6.45, 7) is 7.18. The fraction of sp³-hybridized carbons (Fsp3) is 0.706. The zero-order chi connectivity index (χ0) is 15.8. The van der Waals surface area contributed by atoms with E-state index >= 15 is 0 Å². The van der Waals surface area contributed by atoms with Gasteiger partial charge in [-0.2, -0.15) is 0 Å². The Morgan fingerprint density at radius 1 is 1.45 bits per heavy atom. The monoisotopic (exact) mass is 323 g/mol. The molecule has 0 saturated carbocycles. The van der Waals surface area contributed by atoms with Gasteiger partial charge < -0.3 is 10.2 Å². The highest BCUT2D eigenvalue weighted by molar-refractivity contribution is 7.09. The summed E-state index contributed by atoms with van der Waals surface area (Å²) in [5, 5.41) is 5.24. The van der Waals surface area contributed by atoms with Crippen LogP contribution in [0.25, 0.3) is 0 Å². The van der Waals surface area contributed by atoms with Crippen molar-refractivity contribution in [2.45, 2.75) is 39.2 Å². The first-order valence-corrected chi connectivity index (χ1v) is 9.30. The number of likely N-dealkylation sites (tertiary alicyclic amines) is 1. The number of piperidine rings is 1. The van der Waals surface area contributed by atoms with E-state index in [2.05, 4.69) is 34.7 Å². The van der Waals surface area contributed by atoms with Crippen LogP contribution in [0.2, 0.25) is 0 Å². The summed E-state index contributed by atoms with van der Waals surface area (Å²) in [5.74, 6) is 0.628. The smallest absolute Gasteiger partial charge is 0.317 e. The van der Waals surface area contributed by atoms with E-state index in [-0.39, 0.29) is 6.03 Å². The van der Waals surface area contributed by atoms with Gasteiger partial charge in [0.25, 0.3) is 0 Å². The fourth-order valence-electron chi connectivity index (χ4n) is 2.84. The standard InChI is InChI=1S/C17H29N3OS/c1-3-4-9-19(2)17(21)18-13-15-7-10-20(11-8-15)14-16-6-5-12-22-16/h5-6,12,15H,3-4,7-11,13-14H2,1-2H3,(H,18,21). The van der Waals surface area contributed by atoms with Crippen LogP contribution in [-0.4, -0.2) is 49.1 Å². The SMILES string of the molecule is CCCCN(C)C(=O)NCC1CCN(Cc2cccs2)CC1. The highest BCUT2D eigenvalue weighted by Gasteiger charge is 2.20. The van der Waals surface area contributed by atoms with Gasteiger partial charge in [0.2, 0.25) is 0 Å². The van der Waals surface area contributed by atoms with Crippen LogP contribution in [0.1, 0.15) is 37.5 Å². The average Bonchev–Trinajstić information content (AvgIpc) is 3.04. The van der Waals surface area contributed by atoms with Gasteiger partial charge in [-0.3, -0.25) is 4.90 Å². The molecular formula is C17H29N3OS. The number of amides is 2. The van der Waals surface area contributed by atoms with Crippen LogP contribution < -0.4 is 5.32 Å². The zero-order valence-electron chi connectivity index (χ0n) is 13.9. The molecule has 1 fully saturated rings. The number of carbonyl (C=O) groups excluding carboxylic acids is 1. The molecule has 1 aromatic heterocycles. The number of nitrogens with zero attached hydrogens (tertiary/aromatic N) is 2. The van der Waals surface area contributed by atoms with Crippen LogP contribution in [0.5, 0.6) is 0 Å². The van der Waals surface area contributed by atoms with Crippen molar-refractivity contribution in [1.29, 1.82) is 0 Å². The van der Waals surface area contributed by atoms with Crippen LogP contribution in [0, 0.1) is 5.92 Å². The number of unbranched alkanes of at least 4 members (excludes halogenated alkanes) is 1. The predicted molar refractivity (Wildman–Crippen MR) is 93.3 cm³/mol. The van der Waals surface area contributed by atoms with Crippen LogP contribution >= 0.6 is 11.3 Å². The molecular weight excluding hydrogens is 294 g/mol. The highest BCUT2D eigenvalue weighted by Crippen LogP contribution is 2.20. The molecule has 0 unspecified atom stereocenters. The van der Waals surface area contributed by atoms with E-state index in [1.54, 1.807) is 4.90 Å². The molecule has 124 valence electrons. The van der Waals surface area contributed by atoms with Crippen molar-refractivity contribution in [3.05, 3.63) is 22.4 Å². The lowest BCUT2D eigenvalue weighted by Crippen LogP contribution is -2.42. The Hall–Kier alpha value is -1.07. The molecule has 0 aliphatic carbocycles. The van der Waals surface area contributed by atoms with Gasteiger partial charge in [-0.1, -0.05) is 19.4 Å². The average molecular weight is 324 g/mol. The van der Waals surface area contributed by atoms with Gasteiger partial charge in [-0.15, -0.1) is 11.3 Å². The minimum Gasteiger partial charge on any atom is -0.338 e. The van der Waals surface area contributed by atoms with Gasteiger partial charge in [-0.25, -0.2) is 4.79 Å². The molecule has 0 radical (unpaired) electrons. The summed E-state index contributed by atoms with van der Waals surface area (Å²) in [5.41, 5.74) is 0. The Balaban J connectivity index is 1.62. The van der Waals surface area contributed by atoms with Crippen LogP contribution in [-0.2, 0) is 6.54 Å². The van der Waals surface area contributed by atoms with E-state index in [1.807, 2.05) is 18.4 Å². The van der Waals surface area contributed by atoms with Gasteiger partial charge in [0.15, 0.2) is 0 Å². The molecule has 5 heteroatoms. The first-order valence-electron chi connectivity index (χ1n) is 8.42. The summed E-state index contributed by atoms with van der Waals surface area (Å²) in [4.78, 5) is 17.7. The molecule has 2 rings (SSSR count). The van der Waals surface area contributed by atoms with Gasteiger partial charge in [0.1, 0.15) is 0 Å². The Morgan fingerprint density at radius 3 is 2.86 bits per heavy atom. The molecule has 2 heterocycles. The third-order valence-corrected chi connectivity index (χ3v) is 5.26. The number of thiophene rings is 1. The first kappa shape index (κ1) is 17.3. The molecule has 0 atom stereocenters. The Kier molecular flexibility index (Phi) is 7.19. The largest absolute Gasteiger partial charge is 0.338 e. The van der Waals surface area contributed by atoms with Crippen molar-refractivity contribution in [3.63, 3.8) is 0 Å². The van der Waals surface area contributed by atoms with Gasteiger partial charge in [0, 0.05) is 31.6 Å². The van der Waals surface area contributed by atoms with E-state index in [1.165, 1.54) is 17.7 Å². The maximum absolute atomic E-state index is 12.0. The summed E-state index contributed by atoms with van der Waals surface area (Å²) in [7, 11) is 1.88. The highest BCUT2D eigenvalue weighted by atomic mass is 32.1. The summed E-state index contributed by atoms with van der Waals surface area (Å²) >= 11 is 1.84. The molecule has 22 heavy (non-hydrogen) atoms. The second-order valence-corrected chi connectivity index (χ2v) is 7.29. The summed E-state index contributed by atoms with van der Waals surface area (Å²) in [6, 6.07) is 4.41. The lowest BCUT2D eigenvalue weighted by atomic mass is 9.97. The van der Waals surface area contributed by atoms with Crippen molar-refractivity contribution in [1.82, 2.24) is 15.1 Å². The first-order chi connectivity index (χ1) is 10.7. The van der Waals surface area contributed by atoms with E-state index in [0.29, 0.717) is 5.92 Å². The fourth-order valence-corrected chi connectivity index (χ4v) is 3.58. The summed E-state index contributed by atoms with van der Waals surface area (Å²) < 4.78 is 0. The molecule has 1 N–H and O–H groups in total. The molecule has 2 amide bonds. The Morgan fingerprint density at radius 2 is 2.23 bits per heavy atom. The maximum Gasteiger partial charge on any atom is 0.317 e. The number of hydrogen-bond donors (Lipinski definition) is 1. The van der Waals surface area contributed by atoms with Crippen LogP contribution in [0.3, 0.4) is 0 Å². The number of hydrogen-bond acceptors (Lipinski definition) is 3. The molecule has 0 aromatic carbocycles. The number of nitrogens with one attached hydrogen (secondary N) is 1. The molecule has 1 saturated heterocycles. The molecule has 1 aliphatic heterocycles. The molecule has 1 aromatic rings. The third-order valence-electron chi connectivity index (χ3n) is 4.40. The molecule has 0 spiro atoms. The van der Waals surface area contributed by atoms with Gasteiger partial charge in [-0.05, 0) is 49.7 Å². The quantitative estimate of drug-likeness (QED) is 0.835. The van der Waals surface area contributed by atoms with Gasteiger partial charge >= 0.3 is 6.03 Å². The summed E-state index contributed by atoms with van der Waals surface area (Å²) in [6.07, 6.45) is 4.57. The Bertz CT molecular complexity index is 427. The minimum absolute atomic E-state index is 0.0782. The number of carbonyl (C=O) groups is 1. The predicted octanol–water partition coefficient (Wildman–Crippen LogP) is 3.40. The molecule has 1 aliphatic rings. The maximum atomic E-state index is 12.0. The zero-order valence-corrected chi connectivity index (χ0v) is 14.7. The van der Waals surface area contributed by atoms with E-state index < -0.39 is 0 Å². The number of rotatable bonds is 7. The van der Waals surface area contributed by atoms with Crippen molar-refractivity contribution in [3.8, 4) is 0 Å². The molecule has 4 nitrogen and oxygen atoms in total. The van der Waals surface area contributed by atoms with Crippen molar-refractivity contribution in [2.75, 3.05) is 33.2 Å². The van der Waals surface area contributed by atoms with E-state index in [9.17, 15) is 4.79 Å². The Labute approximate surface area is 138 Å². The minimum atomic E-state index is 0.0782.